The van der Waals surface area contributed by atoms with Crippen molar-refractivity contribution in [2.75, 3.05) is 45.8 Å². The van der Waals surface area contributed by atoms with E-state index in [-0.39, 0.29) is 34.9 Å². The minimum absolute atomic E-state index is 0.00149. The summed E-state index contributed by atoms with van der Waals surface area (Å²) in [7, 11) is -3.85. The minimum atomic E-state index is -3.85. The molecule has 1 aliphatic rings. The summed E-state index contributed by atoms with van der Waals surface area (Å²) in [6.45, 7) is 4.37. The highest BCUT2D eigenvalue weighted by Crippen LogP contribution is 2.30. The molecule has 15 heteroatoms. The van der Waals surface area contributed by atoms with E-state index in [2.05, 4.69) is 9.71 Å². The van der Waals surface area contributed by atoms with Gasteiger partial charge in [0.15, 0.2) is 23.3 Å². The number of benzene rings is 2. The van der Waals surface area contributed by atoms with E-state index in [1.54, 1.807) is 0 Å². The maximum atomic E-state index is 14.6. The van der Waals surface area contributed by atoms with Crippen molar-refractivity contribution in [2.45, 2.75) is 11.8 Å². The van der Waals surface area contributed by atoms with Crippen LogP contribution in [0, 0.1) is 11.6 Å². The van der Waals surface area contributed by atoms with Gasteiger partial charge in [-0.2, -0.15) is 4.99 Å². The molecule has 0 unspecified atom stereocenters. The maximum absolute atomic E-state index is 14.6. The fourth-order valence-corrected chi connectivity index (χ4v) is 4.89. The normalized spacial score (nSPS) is 15.0. The lowest BCUT2D eigenvalue weighted by Gasteiger charge is -2.33. The third kappa shape index (κ3) is 8.81. The number of sulfonamides is 1. The molecule has 0 bridgehead atoms. The lowest BCUT2D eigenvalue weighted by molar-refractivity contribution is -0.138. The fourth-order valence-electron chi connectivity index (χ4n) is 3.87. The van der Waals surface area contributed by atoms with Gasteiger partial charge in [-0.1, -0.05) is 0 Å². The van der Waals surface area contributed by atoms with E-state index in [9.17, 15) is 26.8 Å². The molecule has 0 aliphatic carbocycles. The molecule has 1 aliphatic heterocycles. The highest BCUT2D eigenvalue weighted by molar-refractivity contribution is 7.89. The predicted octanol–water partition coefficient (Wildman–Crippen LogP) is 0.941. The van der Waals surface area contributed by atoms with E-state index < -0.39 is 45.2 Å². The van der Waals surface area contributed by atoms with Gasteiger partial charge in [-0.25, -0.2) is 21.9 Å². The number of nitrogens with one attached hydrogen (secondary N) is 1. The van der Waals surface area contributed by atoms with Crippen LogP contribution in [0.3, 0.4) is 0 Å². The van der Waals surface area contributed by atoms with E-state index in [0.29, 0.717) is 32.7 Å². The molecule has 1 amide bonds. The molecule has 216 valence electrons. The van der Waals surface area contributed by atoms with Gasteiger partial charge < -0.3 is 21.3 Å². The Balaban J connectivity index is 1.58. The first kappa shape index (κ1) is 30.6. The first-order valence-corrected chi connectivity index (χ1v) is 13.6. The third-order valence-corrected chi connectivity index (χ3v) is 7.35. The van der Waals surface area contributed by atoms with Crippen molar-refractivity contribution in [2.24, 2.45) is 16.5 Å². The van der Waals surface area contributed by atoms with Gasteiger partial charge >= 0.3 is 5.97 Å². The summed E-state index contributed by atoms with van der Waals surface area (Å²) in [5.74, 6) is -4.89. The number of aliphatic imine (C=N–C) groups is 1. The summed E-state index contributed by atoms with van der Waals surface area (Å²) in [6, 6.07) is 6.93. The van der Waals surface area contributed by atoms with Gasteiger partial charge in [0.05, 0.1) is 11.4 Å². The molecule has 1 heterocycles. The lowest BCUT2D eigenvalue weighted by atomic mass is 10.1. The molecule has 40 heavy (non-hydrogen) atoms. The molecule has 1 saturated heterocycles. The zero-order chi connectivity index (χ0) is 29.4. The molecule has 2 aromatic rings. The third-order valence-electron chi connectivity index (χ3n) is 5.87. The van der Waals surface area contributed by atoms with Crippen LogP contribution in [0.5, 0.6) is 11.5 Å². The van der Waals surface area contributed by atoms with Crippen molar-refractivity contribution >= 4 is 33.9 Å². The number of halogens is 2. The van der Waals surface area contributed by atoms with E-state index >= 15 is 0 Å². The molecule has 2 aromatic carbocycles. The molecule has 3 rings (SSSR count). The van der Waals surface area contributed by atoms with Crippen molar-refractivity contribution in [1.29, 1.82) is 0 Å². The van der Waals surface area contributed by atoms with Crippen molar-refractivity contribution < 1.29 is 36.6 Å². The number of carboxylic acid groups (broad SMARTS) is 1. The van der Waals surface area contributed by atoms with Gasteiger partial charge in [0, 0.05) is 44.8 Å². The number of rotatable bonds is 11. The largest absolute Gasteiger partial charge is 0.480 e. The molecule has 12 nitrogen and oxygen atoms in total. The molecule has 0 saturated carbocycles. The van der Waals surface area contributed by atoms with Gasteiger partial charge in [-0.15, -0.1) is 0 Å². The fraction of sp³-hybridized carbons (Fsp3) is 0.320. The standard InChI is InChI=1S/C25H30F2N6O6S/c1-16(24(36)31-25(28)29)12-17-13-20(26)23(21(27)14-17)39-18-2-4-19(5-3-18)40(37,38)30-6-7-32-8-10-33(11-9-32)15-22(34)35/h2-5,12-14,30H,6-11,15H2,1H3,(H,34,35)(H4,28,29,31,36)/b16-12+. The number of guanidine groups is 1. The Morgan fingerprint density at radius 1 is 1.07 bits per heavy atom. The zero-order valence-electron chi connectivity index (χ0n) is 21.6. The van der Waals surface area contributed by atoms with Gasteiger partial charge in [-0.3, -0.25) is 19.4 Å². The average Bonchev–Trinajstić information content (AvgIpc) is 2.87. The van der Waals surface area contributed by atoms with Gasteiger partial charge in [0.1, 0.15) is 5.75 Å². The molecule has 0 atom stereocenters. The zero-order valence-corrected chi connectivity index (χ0v) is 22.5. The van der Waals surface area contributed by atoms with E-state index in [4.69, 9.17) is 21.3 Å². The average molecular weight is 581 g/mol. The smallest absolute Gasteiger partial charge is 0.317 e. The van der Waals surface area contributed by atoms with Crippen LogP contribution in [0.1, 0.15) is 12.5 Å². The number of amides is 1. The topological polar surface area (TPSA) is 181 Å². The first-order valence-electron chi connectivity index (χ1n) is 12.1. The molecular formula is C25H30F2N6O6S. The number of nitrogens with zero attached hydrogens (tertiary/aromatic N) is 3. The van der Waals surface area contributed by atoms with Crippen LogP contribution in [0.15, 0.2) is 51.9 Å². The van der Waals surface area contributed by atoms with Crippen LogP contribution < -0.4 is 20.9 Å². The van der Waals surface area contributed by atoms with Gasteiger partial charge in [-0.05, 0) is 55.0 Å². The number of carbonyl (C=O) groups excluding carboxylic acids is 1. The number of hydrogen-bond donors (Lipinski definition) is 4. The Labute approximate surface area is 230 Å². The van der Waals surface area contributed by atoms with Crippen LogP contribution >= 0.6 is 0 Å². The Kier molecular flexibility index (Phi) is 10.3. The second kappa shape index (κ2) is 13.4. The minimum Gasteiger partial charge on any atom is -0.480 e. The van der Waals surface area contributed by atoms with Crippen molar-refractivity contribution in [3.8, 4) is 11.5 Å². The van der Waals surface area contributed by atoms with Gasteiger partial charge in [0.2, 0.25) is 10.0 Å². The molecule has 0 aromatic heterocycles. The number of hydrogen-bond acceptors (Lipinski definition) is 7. The first-order chi connectivity index (χ1) is 18.8. The molecule has 1 fully saturated rings. The molecule has 6 N–H and O–H groups in total. The SMILES string of the molecule is C/C(=C\c1cc(F)c(Oc2ccc(S(=O)(=O)NCCN3CCN(CC(=O)O)CC3)cc2)c(F)c1)C(=O)N=C(N)N. The predicted molar refractivity (Wildman–Crippen MR) is 143 cm³/mol. The van der Waals surface area contributed by atoms with Crippen molar-refractivity contribution in [3.05, 3.63) is 59.2 Å². The lowest BCUT2D eigenvalue weighted by Crippen LogP contribution is -2.49. The number of carbonyl (C=O) groups is 2. The monoisotopic (exact) mass is 580 g/mol. The maximum Gasteiger partial charge on any atom is 0.317 e. The Hall–Kier alpha value is -3.92. The Morgan fingerprint density at radius 2 is 1.65 bits per heavy atom. The highest BCUT2D eigenvalue weighted by Gasteiger charge is 2.20. The van der Waals surface area contributed by atoms with E-state index in [0.717, 1.165) is 12.1 Å². The summed E-state index contributed by atoms with van der Waals surface area (Å²) in [4.78, 5) is 29.7. The van der Waals surface area contributed by atoms with Crippen molar-refractivity contribution in [3.63, 3.8) is 0 Å². The summed E-state index contributed by atoms with van der Waals surface area (Å²) in [6.07, 6.45) is 1.21. The van der Waals surface area contributed by atoms with Crippen LogP contribution in [-0.4, -0.2) is 87.0 Å². The number of nitrogens with two attached hydrogens (primary N) is 2. The summed E-state index contributed by atoms with van der Waals surface area (Å²) < 4.78 is 62.3. The van der Waals surface area contributed by atoms with Crippen LogP contribution in [-0.2, 0) is 19.6 Å². The van der Waals surface area contributed by atoms with Crippen LogP contribution in [0.4, 0.5) is 8.78 Å². The molecular weight excluding hydrogens is 550 g/mol. The molecule has 0 radical (unpaired) electrons. The van der Waals surface area contributed by atoms with E-state index in [1.807, 2.05) is 9.80 Å². The Bertz CT molecular complexity index is 1380. The number of piperazine rings is 1. The summed E-state index contributed by atoms with van der Waals surface area (Å²) >= 11 is 0. The van der Waals surface area contributed by atoms with Crippen LogP contribution in [0.2, 0.25) is 0 Å². The van der Waals surface area contributed by atoms with E-state index in [1.165, 1.54) is 37.3 Å². The quantitative estimate of drug-likeness (QED) is 0.170. The van der Waals surface area contributed by atoms with Crippen LogP contribution in [0.25, 0.3) is 6.08 Å². The molecule has 0 spiro atoms. The van der Waals surface area contributed by atoms with Crippen molar-refractivity contribution in [1.82, 2.24) is 14.5 Å². The number of carboxylic acids is 1. The highest BCUT2D eigenvalue weighted by atomic mass is 32.2. The number of ether oxygens (including phenoxy) is 1. The summed E-state index contributed by atoms with van der Waals surface area (Å²) in [5.41, 5.74) is 10.4. The van der Waals surface area contributed by atoms with Gasteiger partial charge in [0.25, 0.3) is 5.91 Å². The second-order valence-electron chi connectivity index (χ2n) is 8.97. The Morgan fingerprint density at radius 3 is 2.20 bits per heavy atom. The summed E-state index contributed by atoms with van der Waals surface area (Å²) in [5, 5.41) is 8.86. The number of aliphatic carboxylic acids is 1. The second-order valence-corrected chi connectivity index (χ2v) is 10.7.